The van der Waals surface area contributed by atoms with Crippen LogP contribution in [0.5, 0.6) is 0 Å². The number of nitrogens with one attached hydrogen (secondary N) is 1. The van der Waals surface area contributed by atoms with Crippen LogP contribution in [-0.4, -0.2) is 35.5 Å². The van der Waals surface area contributed by atoms with Crippen molar-refractivity contribution in [1.29, 1.82) is 0 Å². The van der Waals surface area contributed by atoms with E-state index in [0.717, 1.165) is 31.6 Å². The van der Waals surface area contributed by atoms with E-state index in [0.29, 0.717) is 5.92 Å². The van der Waals surface area contributed by atoms with Gasteiger partial charge in [-0.3, -0.25) is 9.59 Å². The van der Waals surface area contributed by atoms with E-state index < -0.39 is 0 Å². The molecule has 18 heavy (non-hydrogen) atoms. The first-order chi connectivity index (χ1) is 8.41. The number of amides is 2. The Kier molecular flexibility index (Phi) is 5.31. The SMILES string of the molecule is CC(=O)N/N=C(\C)C1CCN(C(=O)C(C)C)CC1. The highest BCUT2D eigenvalue weighted by Crippen LogP contribution is 2.20. The molecule has 0 radical (unpaired) electrons. The third-order valence-electron chi connectivity index (χ3n) is 3.28. The van der Waals surface area contributed by atoms with Crippen LogP contribution < -0.4 is 5.43 Å². The average molecular weight is 253 g/mol. The van der Waals surface area contributed by atoms with Crippen LogP contribution in [0, 0.1) is 11.8 Å². The molecule has 0 unspecified atom stereocenters. The summed E-state index contributed by atoms with van der Waals surface area (Å²) >= 11 is 0. The quantitative estimate of drug-likeness (QED) is 0.610. The van der Waals surface area contributed by atoms with E-state index in [1.54, 1.807) is 0 Å². The Balaban J connectivity index is 2.46. The van der Waals surface area contributed by atoms with Crippen LogP contribution in [0.2, 0.25) is 0 Å². The summed E-state index contributed by atoms with van der Waals surface area (Å²) in [6.45, 7) is 8.81. The molecule has 0 bridgehead atoms. The molecule has 0 aliphatic carbocycles. The van der Waals surface area contributed by atoms with Crippen molar-refractivity contribution in [2.75, 3.05) is 13.1 Å². The van der Waals surface area contributed by atoms with Gasteiger partial charge in [0.25, 0.3) is 0 Å². The molecular weight excluding hydrogens is 230 g/mol. The second-order valence-corrected chi connectivity index (χ2v) is 5.18. The van der Waals surface area contributed by atoms with E-state index in [-0.39, 0.29) is 17.7 Å². The molecule has 1 fully saturated rings. The number of nitrogens with zero attached hydrogens (tertiary/aromatic N) is 2. The molecule has 0 spiro atoms. The summed E-state index contributed by atoms with van der Waals surface area (Å²) in [6, 6.07) is 0. The fourth-order valence-electron chi connectivity index (χ4n) is 2.14. The number of piperidine rings is 1. The zero-order valence-corrected chi connectivity index (χ0v) is 11.7. The second-order valence-electron chi connectivity index (χ2n) is 5.18. The first-order valence-corrected chi connectivity index (χ1v) is 6.51. The van der Waals surface area contributed by atoms with E-state index in [9.17, 15) is 9.59 Å². The second kappa shape index (κ2) is 6.52. The molecule has 1 aliphatic rings. The van der Waals surface area contributed by atoms with Crippen molar-refractivity contribution in [1.82, 2.24) is 10.3 Å². The first kappa shape index (κ1) is 14.7. The molecule has 0 aromatic carbocycles. The zero-order chi connectivity index (χ0) is 13.7. The predicted molar refractivity (Wildman–Crippen MR) is 71.1 cm³/mol. The molecule has 0 aromatic rings. The van der Waals surface area contributed by atoms with Crippen molar-refractivity contribution in [2.24, 2.45) is 16.9 Å². The van der Waals surface area contributed by atoms with Crippen molar-refractivity contribution in [3.8, 4) is 0 Å². The molecule has 0 saturated carbocycles. The minimum atomic E-state index is -0.151. The largest absolute Gasteiger partial charge is 0.342 e. The Morgan fingerprint density at radius 1 is 1.22 bits per heavy atom. The summed E-state index contributed by atoms with van der Waals surface area (Å²) in [5, 5.41) is 4.07. The number of hydrogen-bond acceptors (Lipinski definition) is 3. The van der Waals surface area contributed by atoms with Gasteiger partial charge < -0.3 is 4.90 Å². The van der Waals surface area contributed by atoms with Crippen molar-refractivity contribution in [2.45, 2.75) is 40.5 Å². The highest BCUT2D eigenvalue weighted by atomic mass is 16.2. The number of carbonyl (C=O) groups is 2. The predicted octanol–water partition coefficient (Wildman–Crippen LogP) is 1.39. The topological polar surface area (TPSA) is 61.8 Å². The van der Waals surface area contributed by atoms with Gasteiger partial charge in [0.15, 0.2) is 0 Å². The van der Waals surface area contributed by atoms with Crippen molar-refractivity contribution in [3.63, 3.8) is 0 Å². The molecular formula is C13H23N3O2. The molecule has 1 heterocycles. The maximum absolute atomic E-state index is 11.8. The number of carbonyl (C=O) groups excluding carboxylic acids is 2. The molecule has 1 aliphatic heterocycles. The Morgan fingerprint density at radius 2 is 1.78 bits per heavy atom. The van der Waals surface area contributed by atoms with Gasteiger partial charge in [-0.1, -0.05) is 13.8 Å². The van der Waals surface area contributed by atoms with Gasteiger partial charge in [0.1, 0.15) is 0 Å². The summed E-state index contributed by atoms with van der Waals surface area (Å²) in [7, 11) is 0. The van der Waals surface area contributed by atoms with Crippen LogP contribution >= 0.6 is 0 Å². The summed E-state index contributed by atoms with van der Waals surface area (Å²) in [4.78, 5) is 24.5. The van der Waals surface area contributed by atoms with Gasteiger partial charge in [0.05, 0.1) is 0 Å². The van der Waals surface area contributed by atoms with Crippen molar-refractivity contribution < 1.29 is 9.59 Å². The highest BCUT2D eigenvalue weighted by Gasteiger charge is 2.25. The standard InChI is InChI=1S/C13H23N3O2/c1-9(2)13(18)16-7-5-12(6-8-16)10(3)14-15-11(4)17/h9,12H,5-8H2,1-4H3,(H,15,17)/b14-10+. The van der Waals surface area contributed by atoms with Gasteiger partial charge in [-0.05, 0) is 19.8 Å². The van der Waals surface area contributed by atoms with E-state index >= 15 is 0 Å². The first-order valence-electron chi connectivity index (χ1n) is 6.51. The van der Waals surface area contributed by atoms with E-state index in [2.05, 4.69) is 10.5 Å². The Bertz CT molecular complexity index is 342. The summed E-state index contributed by atoms with van der Waals surface area (Å²) in [5.41, 5.74) is 3.41. The average Bonchev–Trinajstić information content (AvgIpc) is 2.35. The molecule has 1 saturated heterocycles. The van der Waals surface area contributed by atoms with Gasteiger partial charge in [-0.15, -0.1) is 0 Å². The fraction of sp³-hybridized carbons (Fsp3) is 0.769. The van der Waals surface area contributed by atoms with Crippen LogP contribution in [0.3, 0.4) is 0 Å². The molecule has 2 amide bonds. The van der Waals surface area contributed by atoms with Gasteiger partial charge in [0.2, 0.25) is 11.8 Å². The minimum absolute atomic E-state index is 0.0655. The molecule has 1 N–H and O–H groups in total. The minimum Gasteiger partial charge on any atom is -0.342 e. The van der Waals surface area contributed by atoms with E-state index in [1.165, 1.54) is 6.92 Å². The van der Waals surface area contributed by atoms with Crippen LogP contribution in [0.1, 0.15) is 40.5 Å². The molecule has 0 atom stereocenters. The van der Waals surface area contributed by atoms with Gasteiger partial charge in [-0.25, -0.2) is 5.43 Å². The van der Waals surface area contributed by atoms with Crippen molar-refractivity contribution in [3.05, 3.63) is 0 Å². The Labute approximate surface area is 109 Å². The number of hydrazone groups is 1. The summed E-state index contributed by atoms with van der Waals surface area (Å²) < 4.78 is 0. The lowest BCUT2D eigenvalue weighted by atomic mass is 9.92. The van der Waals surface area contributed by atoms with E-state index in [1.807, 2.05) is 25.7 Å². The number of likely N-dealkylation sites (tertiary alicyclic amines) is 1. The fourth-order valence-corrected chi connectivity index (χ4v) is 2.14. The molecule has 5 nitrogen and oxygen atoms in total. The molecule has 5 heteroatoms. The monoisotopic (exact) mass is 253 g/mol. The van der Waals surface area contributed by atoms with Crippen LogP contribution in [0.15, 0.2) is 5.10 Å². The van der Waals surface area contributed by atoms with Gasteiger partial charge in [0, 0.05) is 37.6 Å². The van der Waals surface area contributed by atoms with E-state index in [4.69, 9.17) is 0 Å². The zero-order valence-electron chi connectivity index (χ0n) is 11.7. The smallest absolute Gasteiger partial charge is 0.236 e. The lowest BCUT2D eigenvalue weighted by Gasteiger charge is -2.33. The molecule has 102 valence electrons. The maximum atomic E-state index is 11.8. The highest BCUT2D eigenvalue weighted by molar-refractivity contribution is 5.86. The van der Waals surface area contributed by atoms with Crippen LogP contribution in [0.25, 0.3) is 0 Å². The Morgan fingerprint density at radius 3 is 2.22 bits per heavy atom. The maximum Gasteiger partial charge on any atom is 0.236 e. The lowest BCUT2D eigenvalue weighted by molar-refractivity contribution is -0.135. The summed E-state index contributed by atoms with van der Waals surface area (Å²) in [5.74, 6) is 0.510. The van der Waals surface area contributed by atoms with Crippen LogP contribution in [0.4, 0.5) is 0 Å². The lowest BCUT2D eigenvalue weighted by Crippen LogP contribution is -2.42. The molecule has 1 rings (SSSR count). The van der Waals surface area contributed by atoms with Gasteiger partial charge in [-0.2, -0.15) is 5.10 Å². The third-order valence-corrected chi connectivity index (χ3v) is 3.28. The van der Waals surface area contributed by atoms with Gasteiger partial charge >= 0.3 is 0 Å². The van der Waals surface area contributed by atoms with Crippen LogP contribution in [-0.2, 0) is 9.59 Å². The Hall–Kier alpha value is -1.39. The molecule has 0 aromatic heterocycles. The third kappa shape index (κ3) is 4.13. The summed E-state index contributed by atoms with van der Waals surface area (Å²) in [6.07, 6.45) is 1.85. The number of hydrogen-bond donors (Lipinski definition) is 1. The van der Waals surface area contributed by atoms with Crippen molar-refractivity contribution >= 4 is 17.5 Å². The number of rotatable bonds is 3. The normalized spacial score (nSPS) is 18.1.